The molecule has 1 spiro atoms. The standard InChI is InChI=1S/C14H21N3O2S/c1-2-11(1)7-18-13-5-14(19-8-13)3-4-17(10-14)6-12-9-20-16-15-12/h9,11,13H,1-8,10H2. The first-order chi connectivity index (χ1) is 9.81. The number of ether oxygens (including phenoxy) is 2. The van der Waals surface area contributed by atoms with Crippen molar-refractivity contribution >= 4 is 11.5 Å². The minimum absolute atomic E-state index is 0.0394. The first-order valence-corrected chi connectivity index (χ1v) is 8.39. The summed E-state index contributed by atoms with van der Waals surface area (Å²) in [5.74, 6) is 0.837. The van der Waals surface area contributed by atoms with E-state index in [4.69, 9.17) is 9.47 Å². The number of hydrogen-bond acceptors (Lipinski definition) is 6. The van der Waals surface area contributed by atoms with Crippen molar-refractivity contribution in [1.82, 2.24) is 14.5 Å². The van der Waals surface area contributed by atoms with Gasteiger partial charge in [0.1, 0.15) is 0 Å². The van der Waals surface area contributed by atoms with E-state index in [-0.39, 0.29) is 5.60 Å². The van der Waals surface area contributed by atoms with Gasteiger partial charge in [0.25, 0.3) is 0 Å². The number of rotatable bonds is 5. The Balaban J connectivity index is 1.28. The maximum atomic E-state index is 6.12. The highest BCUT2D eigenvalue weighted by molar-refractivity contribution is 7.03. The monoisotopic (exact) mass is 295 g/mol. The van der Waals surface area contributed by atoms with Crippen LogP contribution in [-0.4, -0.2) is 52.5 Å². The van der Waals surface area contributed by atoms with Crippen LogP contribution >= 0.6 is 11.5 Å². The van der Waals surface area contributed by atoms with Gasteiger partial charge in [-0.05, 0) is 36.7 Å². The molecule has 20 heavy (non-hydrogen) atoms. The van der Waals surface area contributed by atoms with E-state index in [2.05, 4.69) is 14.5 Å². The van der Waals surface area contributed by atoms with Gasteiger partial charge in [-0.3, -0.25) is 4.90 Å². The van der Waals surface area contributed by atoms with Crippen LogP contribution in [0.5, 0.6) is 0 Å². The Morgan fingerprint density at radius 2 is 2.45 bits per heavy atom. The van der Waals surface area contributed by atoms with E-state index in [9.17, 15) is 0 Å². The van der Waals surface area contributed by atoms with Gasteiger partial charge in [-0.2, -0.15) is 0 Å². The normalized spacial score (nSPS) is 34.3. The Bertz CT molecular complexity index is 451. The second-order valence-electron chi connectivity index (χ2n) is 6.45. The van der Waals surface area contributed by atoms with E-state index in [1.807, 2.05) is 5.38 Å². The number of likely N-dealkylation sites (tertiary alicyclic amines) is 1. The molecule has 4 rings (SSSR count). The lowest BCUT2D eigenvalue weighted by Gasteiger charge is -2.23. The third-order valence-corrected chi connectivity index (χ3v) is 5.18. The van der Waals surface area contributed by atoms with Gasteiger partial charge in [-0.15, -0.1) is 5.10 Å². The van der Waals surface area contributed by atoms with Crippen LogP contribution < -0.4 is 0 Å². The molecule has 0 amide bonds. The van der Waals surface area contributed by atoms with E-state index in [0.717, 1.165) is 57.3 Å². The summed E-state index contributed by atoms with van der Waals surface area (Å²) in [5.41, 5.74) is 1.11. The quantitative estimate of drug-likeness (QED) is 0.827. The van der Waals surface area contributed by atoms with Crippen molar-refractivity contribution in [2.75, 3.05) is 26.3 Å². The SMILES string of the molecule is c1snnc1CN1CCC2(CC(OCC3CC3)CO2)C1. The van der Waals surface area contributed by atoms with Crippen molar-refractivity contribution < 1.29 is 9.47 Å². The van der Waals surface area contributed by atoms with E-state index in [1.165, 1.54) is 24.4 Å². The lowest BCUT2D eigenvalue weighted by molar-refractivity contribution is 0.000803. The summed E-state index contributed by atoms with van der Waals surface area (Å²) < 4.78 is 16.0. The van der Waals surface area contributed by atoms with E-state index in [1.54, 1.807) is 0 Å². The van der Waals surface area contributed by atoms with Crippen molar-refractivity contribution in [2.45, 2.75) is 43.9 Å². The molecule has 2 unspecified atom stereocenters. The fourth-order valence-electron chi connectivity index (χ4n) is 3.30. The fourth-order valence-corrected chi connectivity index (χ4v) is 3.74. The van der Waals surface area contributed by atoms with Crippen LogP contribution in [0.25, 0.3) is 0 Å². The Morgan fingerprint density at radius 3 is 3.25 bits per heavy atom. The van der Waals surface area contributed by atoms with Crippen molar-refractivity contribution in [3.05, 3.63) is 11.1 Å². The van der Waals surface area contributed by atoms with Crippen LogP contribution in [0.4, 0.5) is 0 Å². The van der Waals surface area contributed by atoms with Crippen LogP contribution in [0.1, 0.15) is 31.4 Å². The molecule has 2 atom stereocenters. The molecular formula is C14H21N3O2S. The molecule has 0 radical (unpaired) electrons. The zero-order valence-corrected chi connectivity index (χ0v) is 12.5. The van der Waals surface area contributed by atoms with Gasteiger partial charge in [0.2, 0.25) is 0 Å². The van der Waals surface area contributed by atoms with E-state index >= 15 is 0 Å². The Morgan fingerprint density at radius 1 is 1.50 bits per heavy atom. The van der Waals surface area contributed by atoms with E-state index < -0.39 is 0 Å². The first-order valence-electron chi connectivity index (χ1n) is 7.55. The van der Waals surface area contributed by atoms with E-state index in [0.29, 0.717) is 6.10 Å². The zero-order valence-electron chi connectivity index (χ0n) is 11.7. The van der Waals surface area contributed by atoms with Gasteiger partial charge in [0.15, 0.2) is 0 Å². The molecule has 0 N–H and O–H groups in total. The smallest absolute Gasteiger partial charge is 0.0895 e. The Kier molecular flexibility index (Phi) is 3.50. The molecule has 0 bridgehead atoms. The summed E-state index contributed by atoms with van der Waals surface area (Å²) >= 11 is 1.42. The van der Waals surface area contributed by atoms with Crippen molar-refractivity contribution in [3.8, 4) is 0 Å². The average Bonchev–Trinajstić information content (AvgIpc) is 2.87. The second kappa shape index (κ2) is 5.33. The first kappa shape index (κ1) is 13.1. The predicted molar refractivity (Wildman–Crippen MR) is 75.6 cm³/mol. The van der Waals surface area contributed by atoms with Crippen LogP contribution in [0, 0.1) is 5.92 Å². The third kappa shape index (κ3) is 2.88. The molecule has 3 aliphatic rings. The average molecular weight is 295 g/mol. The van der Waals surface area contributed by atoms with Gasteiger partial charge in [0.05, 0.1) is 24.0 Å². The van der Waals surface area contributed by atoms with Gasteiger partial charge in [-0.1, -0.05) is 4.49 Å². The number of aromatic nitrogens is 2. The molecule has 3 fully saturated rings. The molecule has 2 saturated heterocycles. The third-order valence-electron chi connectivity index (χ3n) is 4.63. The molecular weight excluding hydrogens is 274 g/mol. The molecule has 2 aliphatic heterocycles. The lowest BCUT2D eigenvalue weighted by atomic mass is 9.98. The minimum Gasteiger partial charge on any atom is -0.375 e. The summed E-state index contributed by atoms with van der Waals surface area (Å²) in [6.07, 6.45) is 5.21. The summed E-state index contributed by atoms with van der Waals surface area (Å²) in [4.78, 5) is 2.43. The molecule has 110 valence electrons. The highest BCUT2D eigenvalue weighted by Gasteiger charge is 2.46. The molecule has 1 aliphatic carbocycles. The lowest BCUT2D eigenvalue weighted by Crippen LogP contribution is -2.33. The van der Waals surface area contributed by atoms with Gasteiger partial charge in [-0.25, -0.2) is 0 Å². The molecule has 1 aromatic heterocycles. The van der Waals surface area contributed by atoms with Crippen LogP contribution in [0.3, 0.4) is 0 Å². The van der Waals surface area contributed by atoms with Crippen molar-refractivity contribution in [1.29, 1.82) is 0 Å². The zero-order chi connectivity index (χ0) is 13.4. The molecule has 3 heterocycles. The Hall–Kier alpha value is -0.560. The van der Waals surface area contributed by atoms with Crippen LogP contribution in [0.15, 0.2) is 5.38 Å². The summed E-state index contributed by atoms with van der Waals surface area (Å²) in [7, 11) is 0. The molecule has 6 heteroatoms. The largest absolute Gasteiger partial charge is 0.375 e. The second-order valence-corrected chi connectivity index (χ2v) is 7.06. The maximum Gasteiger partial charge on any atom is 0.0895 e. The van der Waals surface area contributed by atoms with Crippen molar-refractivity contribution in [3.63, 3.8) is 0 Å². The van der Waals surface area contributed by atoms with Crippen LogP contribution in [-0.2, 0) is 16.0 Å². The minimum atomic E-state index is 0.0394. The molecule has 5 nitrogen and oxygen atoms in total. The predicted octanol–water partition coefficient (Wildman–Crippen LogP) is 1.70. The molecule has 1 saturated carbocycles. The van der Waals surface area contributed by atoms with Gasteiger partial charge >= 0.3 is 0 Å². The highest BCUT2D eigenvalue weighted by atomic mass is 32.1. The topological polar surface area (TPSA) is 47.5 Å². The fraction of sp³-hybridized carbons (Fsp3) is 0.857. The van der Waals surface area contributed by atoms with Gasteiger partial charge < -0.3 is 9.47 Å². The summed E-state index contributed by atoms with van der Waals surface area (Å²) in [6.45, 7) is 4.72. The van der Waals surface area contributed by atoms with Gasteiger partial charge in [0, 0.05) is 38.0 Å². The molecule has 1 aromatic rings. The number of nitrogens with zero attached hydrogens (tertiary/aromatic N) is 3. The maximum absolute atomic E-state index is 6.12. The summed E-state index contributed by atoms with van der Waals surface area (Å²) in [6, 6.07) is 0. The molecule has 0 aromatic carbocycles. The number of hydrogen-bond donors (Lipinski definition) is 0. The van der Waals surface area contributed by atoms with Crippen molar-refractivity contribution in [2.24, 2.45) is 5.92 Å². The Labute approximate surface area is 123 Å². The van der Waals surface area contributed by atoms with Crippen LogP contribution in [0.2, 0.25) is 0 Å². The summed E-state index contributed by atoms with van der Waals surface area (Å²) in [5, 5.41) is 6.16. The highest BCUT2D eigenvalue weighted by Crippen LogP contribution is 2.37.